The highest BCUT2D eigenvalue weighted by Gasteiger charge is 2.36. The molecule has 2 heterocycles. The van der Waals surface area contributed by atoms with Crippen LogP contribution in [0.5, 0.6) is 0 Å². The molecule has 2 fully saturated rings. The van der Waals surface area contributed by atoms with Crippen LogP contribution in [0.15, 0.2) is 18.2 Å². The van der Waals surface area contributed by atoms with Gasteiger partial charge < -0.3 is 20.9 Å². The van der Waals surface area contributed by atoms with Crippen LogP contribution in [0.2, 0.25) is 5.02 Å². The number of aryl methyl sites for hydroxylation is 1. The molecule has 2 aliphatic heterocycles. The molecule has 6 rings (SSSR count). The average Bonchev–Trinajstić information content (AvgIpc) is 3.72. The van der Waals surface area contributed by atoms with E-state index in [1.165, 1.54) is 4.90 Å². The summed E-state index contributed by atoms with van der Waals surface area (Å²) in [4.78, 5) is 51.4. The molecule has 14 nitrogen and oxygen atoms in total. The van der Waals surface area contributed by atoms with E-state index < -0.39 is 42.6 Å². The molecule has 2 aliphatic carbocycles. The molecule has 6 amide bonds. The first kappa shape index (κ1) is 39.8. The van der Waals surface area contributed by atoms with Crippen molar-refractivity contribution in [1.29, 1.82) is 0 Å². The van der Waals surface area contributed by atoms with Crippen molar-refractivity contribution in [3.05, 3.63) is 56.6 Å². The second-order valence-corrected chi connectivity index (χ2v) is 19.9. The summed E-state index contributed by atoms with van der Waals surface area (Å²) >= 11 is 6.63. The number of urea groups is 2. The smallest absolute Gasteiger partial charge is 0.332 e. The van der Waals surface area contributed by atoms with E-state index in [1.807, 2.05) is 20.8 Å². The molecule has 54 heavy (non-hydrogen) atoms. The van der Waals surface area contributed by atoms with Gasteiger partial charge in [-0.15, -0.1) is 0 Å². The summed E-state index contributed by atoms with van der Waals surface area (Å²) in [6.45, 7) is 5.91. The van der Waals surface area contributed by atoms with Crippen LogP contribution in [0.1, 0.15) is 105 Å². The molecule has 2 saturated heterocycles. The molecule has 0 bridgehead atoms. The summed E-state index contributed by atoms with van der Waals surface area (Å²) < 4.78 is 56.7. The number of piperidine rings is 2. The van der Waals surface area contributed by atoms with Gasteiger partial charge in [-0.1, -0.05) is 38.4 Å². The molecule has 2 aromatic rings. The molecule has 0 saturated carbocycles. The number of benzene rings is 2. The lowest BCUT2D eigenvalue weighted by Gasteiger charge is -2.29. The number of amides is 6. The number of hydrogen-bond donors (Lipinski definition) is 5. The summed E-state index contributed by atoms with van der Waals surface area (Å²) in [5.41, 5.74) is 6.95. The second kappa shape index (κ2) is 15.7. The molecule has 4 unspecified atom stereocenters. The Kier molecular flexibility index (Phi) is 11.6. The Morgan fingerprint density at radius 3 is 2.13 bits per heavy atom. The zero-order valence-electron chi connectivity index (χ0n) is 31.0. The van der Waals surface area contributed by atoms with E-state index in [9.17, 15) is 36.0 Å². The minimum Gasteiger partial charge on any atom is -0.355 e. The Balaban J connectivity index is 1.19. The number of hydrogen-bond acceptors (Lipinski definition) is 8. The van der Waals surface area contributed by atoms with E-state index in [2.05, 4.69) is 31.5 Å². The van der Waals surface area contributed by atoms with Crippen LogP contribution in [0.4, 0.5) is 21.0 Å². The molecule has 4 aliphatic rings. The van der Waals surface area contributed by atoms with Gasteiger partial charge in [-0.25, -0.2) is 35.9 Å². The van der Waals surface area contributed by atoms with Gasteiger partial charge >= 0.3 is 12.1 Å². The SMILES string of the molecule is CC(C)c1cc(Cl)cc(C(C)CC2Cc3cc4c(c(NC(=O)NS(=O)(=O)C5CCC(=O)N(C)C5)c3C2)CCC4)c1NC(=O)NS(=O)(=O)C1CCC(=O)NC1. The Hall–Kier alpha value is -3.89. The molecular weight excluding hydrogens is 756 g/mol. The number of halogens is 1. The highest BCUT2D eigenvalue weighted by molar-refractivity contribution is 7.91. The maximum Gasteiger partial charge on any atom is 0.332 e. The van der Waals surface area contributed by atoms with E-state index in [4.69, 9.17) is 11.6 Å². The summed E-state index contributed by atoms with van der Waals surface area (Å²) in [5, 5.41) is 6.95. The minimum absolute atomic E-state index is 0.0189. The lowest BCUT2D eigenvalue weighted by atomic mass is 9.85. The summed E-state index contributed by atoms with van der Waals surface area (Å²) in [6, 6.07) is 4.06. The number of fused-ring (bicyclic) bond motifs is 2. The molecule has 0 aromatic heterocycles. The molecule has 17 heteroatoms. The number of sulfonamides is 2. The third-order valence-corrected chi connectivity index (χ3v) is 14.9. The zero-order valence-corrected chi connectivity index (χ0v) is 33.4. The number of carbonyl (C=O) groups excluding carboxylic acids is 4. The number of carbonyl (C=O) groups is 4. The fourth-order valence-electron chi connectivity index (χ4n) is 8.43. The van der Waals surface area contributed by atoms with Crippen molar-refractivity contribution in [2.45, 2.75) is 107 Å². The standard InChI is InChI=1S/C37H49ClN6O8S2/c1-20(2)29-16-25(38)17-30(35(29)41-37(48)42-53(49,50)26-8-10-32(45)39-18-26)21(3)12-22-13-24-15-23-6-5-7-28(23)34(31(24)14-22)40-36(47)43-54(51,52)27-9-11-33(46)44(4)19-27/h15-17,20-22,26-27H,5-14,18-19H2,1-4H3,(H,39,45)(H2,40,43,47)(H2,41,42,48). The van der Waals surface area contributed by atoms with Crippen molar-refractivity contribution in [3.63, 3.8) is 0 Å². The van der Waals surface area contributed by atoms with Crippen molar-refractivity contribution < 1.29 is 36.0 Å². The normalized spacial score (nSPS) is 22.0. The van der Waals surface area contributed by atoms with Gasteiger partial charge in [-0.05, 0) is 115 Å². The van der Waals surface area contributed by atoms with Gasteiger partial charge in [0, 0.05) is 49.4 Å². The minimum atomic E-state index is -4.07. The average molecular weight is 805 g/mol. The number of rotatable bonds is 10. The largest absolute Gasteiger partial charge is 0.355 e. The quantitative estimate of drug-likeness (QED) is 0.228. The van der Waals surface area contributed by atoms with E-state index in [-0.39, 0.29) is 68.3 Å². The first-order valence-electron chi connectivity index (χ1n) is 18.6. The lowest BCUT2D eigenvalue weighted by Crippen LogP contribution is -2.49. The Morgan fingerprint density at radius 2 is 1.48 bits per heavy atom. The van der Waals surface area contributed by atoms with Gasteiger partial charge in [0.15, 0.2) is 0 Å². The van der Waals surface area contributed by atoms with Gasteiger partial charge in [0.25, 0.3) is 0 Å². The maximum absolute atomic E-state index is 13.3. The molecule has 0 radical (unpaired) electrons. The first-order chi connectivity index (χ1) is 25.4. The number of nitrogens with one attached hydrogen (secondary N) is 5. The molecule has 2 aromatic carbocycles. The van der Waals surface area contributed by atoms with E-state index >= 15 is 0 Å². The number of anilines is 2. The highest BCUT2D eigenvalue weighted by atomic mass is 35.5. The predicted molar refractivity (Wildman–Crippen MR) is 207 cm³/mol. The van der Waals surface area contributed by atoms with Gasteiger partial charge in [0.2, 0.25) is 31.9 Å². The van der Waals surface area contributed by atoms with Gasteiger partial charge in [-0.2, -0.15) is 0 Å². The van der Waals surface area contributed by atoms with Crippen LogP contribution >= 0.6 is 11.6 Å². The van der Waals surface area contributed by atoms with Crippen molar-refractivity contribution in [1.82, 2.24) is 19.7 Å². The van der Waals surface area contributed by atoms with E-state index in [1.54, 1.807) is 19.2 Å². The van der Waals surface area contributed by atoms with Crippen molar-refractivity contribution in [3.8, 4) is 0 Å². The molecular formula is C37H49ClN6O8S2. The number of nitrogens with zero attached hydrogens (tertiary/aromatic N) is 1. The van der Waals surface area contributed by atoms with Crippen molar-refractivity contribution >= 4 is 66.9 Å². The maximum atomic E-state index is 13.3. The van der Waals surface area contributed by atoms with E-state index in [0.29, 0.717) is 29.2 Å². The first-order valence-corrected chi connectivity index (χ1v) is 22.0. The van der Waals surface area contributed by atoms with Gasteiger partial charge in [-0.3, -0.25) is 9.59 Å². The van der Waals surface area contributed by atoms with Gasteiger partial charge in [0.05, 0.1) is 10.5 Å². The van der Waals surface area contributed by atoms with Gasteiger partial charge in [0.1, 0.15) is 0 Å². The monoisotopic (exact) mass is 804 g/mol. The Labute approximate surface area is 322 Å². The van der Waals surface area contributed by atoms with Crippen molar-refractivity contribution in [2.75, 3.05) is 30.8 Å². The third-order valence-electron chi connectivity index (χ3n) is 11.2. The highest BCUT2D eigenvalue weighted by Crippen LogP contribution is 2.44. The molecule has 0 spiro atoms. The van der Waals surface area contributed by atoms with E-state index in [0.717, 1.165) is 59.1 Å². The fraction of sp³-hybridized carbons (Fsp3) is 0.568. The summed E-state index contributed by atoms with van der Waals surface area (Å²) in [5.74, 6) is -0.395. The van der Waals surface area contributed by atoms with Crippen molar-refractivity contribution in [2.24, 2.45) is 5.92 Å². The lowest BCUT2D eigenvalue weighted by molar-refractivity contribution is -0.131. The van der Waals surface area contributed by atoms with Crippen LogP contribution in [-0.2, 0) is 55.3 Å². The summed E-state index contributed by atoms with van der Waals surface area (Å²) in [6.07, 6.45) is 5.06. The third kappa shape index (κ3) is 8.65. The fourth-order valence-corrected chi connectivity index (χ4v) is 11.2. The Bertz CT molecular complexity index is 2080. The number of likely N-dealkylation sites (tertiary alicyclic amines) is 1. The van der Waals surface area contributed by atoms with Crippen LogP contribution in [-0.4, -0.2) is 76.2 Å². The molecule has 294 valence electrons. The second-order valence-electron chi connectivity index (χ2n) is 15.5. The predicted octanol–water partition coefficient (Wildman–Crippen LogP) is 4.66. The summed E-state index contributed by atoms with van der Waals surface area (Å²) in [7, 11) is -6.56. The van der Waals surface area contributed by atoms with Crippen LogP contribution in [0.3, 0.4) is 0 Å². The molecule has 5 N–H and O–H groups in total. The van der Waals surface area contributed by atoms with Crippen LogP contribution in [0, 0.1) is 5.92 Å². The zero-order chi connectivity index (χ0) is 39.1. The van der Waals surface area contributed by atoms with Crippen LogP contribution < -0.4 is 25.4 Å². The Morgan fingerprint density at radius 1 is 0.833 bits per heavy atom. The topological polar surface area (TPSA) is 200 Å². The van der Waals surface area contributed by atoms with Crippen LogP contribution in [0.25, 0.3) is 0 Å². The molecule has 4 atom stereocenters.